The van der Waals surface area contributed by atoms with E-state index in [4.69, 9.17) is 14.2 Å². The lowest BCUT2D eigenvalue weighted by Gasteiger charge is -2.17. The van der Waals surface area contributed by atoms with Gasteiger partial charge in [0.1, 0.15) is 12.6 Å². The number of fused-ring (bicyclic) bond motifs is 3. The van der Waals surface area contributed by atoms with Crippen molar-refractivity contribution >= 4 is 12.1 Å². The Morgan fingerprint density at radius 2 is 1.57 bits per heavy atom. The van der Waals surface area contributed by atoms with Crippen molar-refractivity contribution in [2.45, 2.75) is 25.3 Å². The van der Waals surface area contributed by atoms with E-state index in [2.05, 4.69) is 17.4 Å². The molecule has 0 spiro atoms. The van der Waals surface area contributed by atoms with E-state index in [9.17, 15) is 14.7 Å². The van der Waals surface area contributed by atoms with Gasteiger partial charge >= 0.3 is 12.1 Å². The third kappa shape index (κ3) is 5.37. The summed E-state index contributed by atoms with van der Waals surface area (Å²) >= 11 is 0. The molecule has 2 aromatic rings. The number of carboxylic acids is 1. The van der Waals surface area contributed by atoms with E-state index in [1.807, 2.05) is 43.3 Å². The van der Waals surface area contributed by atoms with Crippen molar-refractivity contribution < 1.29 is 28.9 Å². The highest BCUT2D eigenvalue weighted by atomic mass is 16.5. The van der Waals surface area contributed by atoms with Crippen LogP contribution >= 0.6 is 0 Å². The van der Waals surface area contributed by atoms with Gasteiger partial charge in [-0.1, -0.05) is 48.5 Å². The van der Waals surface area contributed by atoms with Crippen LogP contribution in [0.15, 0.2) is 48.5 Å². The van der Waals surface area contributed by atoms with E-state index in [0.717, 1.165) is 22.3 Å². The standard InChI is InChI=1S/C23H27NO6/c1-2-28-13-14-29-12-11-21(22(25)26)24-23(27)30-15-20-18-9-5-3-7-16(18)17-8-4-6-10-19(17)20/h3-10,20-21H,2,11-15H2,1H3,(H,24,27)(H,25,26). The largest absolute Gasteiger partial charge is 0.480 e. The van der Waals surface area contributed by atoms with E-state index >= 15 is 0 Å². The third-order valence-corrected chi connectivity index (χ3v) is 5.06. The smallest absolute Gasteiger partial charge is 0.407 e. The predicted octanol–water partition coefficient (Wildman–Crippen LogP) is 3.42. The lowest BCUT2D eigenvalue weighted by atomic mass is 9.98. The highest BCUT2D eigenvalue weighted by Gasteiger charge is 2.29. The summed E-state index contributed by atoms with van der Waals surface area (Å²) in [6.45, 7) is 3.66. The van der Waals surface area contributed by atoms with Crippen LogP contribution in [0.4, 0.5) is 4.79 Å². The summed E-state index contributed by atoms with van der Waals surface area (Å²) in [4.78, 5) is 23.7. The monoisotopic (exact) mass is 413 g/mol. The molecule has 0 aliphatic heterocycles. The van der Waals surface area contributed by atoms with Crippen LogP contribution in [0.25, 0.3) is 11.1 Å². The number of rotatable bonds is 11. The SMILES string of the molecule is CCOCCOCCC(NC(=O)OCC1c2ccccc2-c2ccccc21)C(=O)O. The van der Waals surface area contributed by atoms with Gasteiger partial charge in [0, 0.05) is 25.6 Å². The first-order valence-electron chi connectivity index (χ1n) is 10.1. The van der Waals surface area contributed by atoms with Gasteiger partial charge in [0.2, 0.25) is 0 Å². The summed E-state index contributed by atoms with van der Waals surface area (Å²) in [6.07, 6.45) is -0.607. The lowest BCUT2D eigenvalue weighted by Crippen LogP contribution is -2.42. The molecule has 1 amide bonds. The second-order valence-corrected chi connectivity index (χ2v) is 6.96. The molecule has 0 radical (unpaired) electrons. The van der Waals surface area contributed by atoms with Crippen LogP contribution in [0.5, 0.6) is 0 Å². The van der Waals surface area contributed by atoms with E-state index < -0.39 is 18.1 Å². The maximum Gasteiger partial charge on any atom is 0.407 e. The van der Waals surface area contributed by atoms with Gasteiger partial charge in [-0.05, 0) is 29.2 Å². The molecular formula is C23H27NO6. The first-order valence-corrected chi connectivity index (χ1v) is 10.1. The molecular weight excluding hydrogens is 386 g/mol. The predicted molar refractivity (Wildman–Crippen MR) is 112 cm³/mol. The topological polar surface area (TPSA) is 94.1 Å². The summed E-state index contributed by atoms with van der Waals surface area (Å²) in [6, 6.07) is 15.0. The summed E-state index contributed by atoms with van der Waals surface area (Å²) in [7, 11) is 0. The van der Waals surface area contributed by atoms with Crippen LogP contribution in [0, 0.1) is 0 Å². The Balaban J connectivity index is 1.53. The number of carboxylic acid groups (broad SMARTS) is 1. The highest BCUT2D eigenvalue weighted by molar-refractivity contribution is 5.81. The van der Waals surface area contributed by atoms with Gasteiger partial charge in [-0.2, -0.15) is 0 Å². The third-order valence-electron chi connectivity index (χ3n) is 5.06. The number of hydrogen-bond acceptors (Lipinski definition) is 5. The van der Waals surface area contributed by atoms with Crippen LogP contribution in [-0.4, -0.2) is 56.2 Å². The molecule has 1 aliphatic rings. The van der Waals surface area contributed by atoms with Gasteiger partial charge < -0.3 is 24.6 Å². The Bertz CT molecular complexity index is 823. The number of hydrogen-bond donors (Lipinski definition) is 2. The molecule has 7 nitrogen and oxygen atoms in total. The Kier molecular flexibility index (Phi) is 7.82. The molecule has 30 heavy (non-hydrogen) atoms. The normalized spacial score (nSPS) is 13.4. The molecule has 0 fully saturated rings. The lowest BCUT2D eigenvalue weighted by molar-refractivity contribution is -0.139. The van der Waals surface area contributed by atoms with Crippen molar-refractivity contribution in [3.8, 4) is 11.1 Å². The van der Waals surface area contributed by atoms with Crippen LogP contribution in [0.1, 0.15) is 30.4 Å². The maximum atomic E-state index is 12.3. The molecule has 0 saturated heterocycles. The number of ether oxygens (including phenoxy) is 3. The quantitative estimate of drug-likeness (QED) is 0.548. The molecule has 7 heteroatoms. The van der Waals surface area contributed by atoms with Crippen molar-refractivity contribution in [2.75, 3.05) is 33.0 Å². The van der Waals surface area contributed by atoms with Crippen molar-refractivity contribution in [3.63, 3.8) is 0 Å². The zero-order valence-electron chi connectivity index (χ0n) is 17.0. The van der Waals surface area contributed by atoms with Gasteiger partial charge in [0.25, 0.3) is 0 Å². The maximum absolute atomic E-state index is 12.3. The van der Waals surface area contributed by atoms with Crippen molar-refractivity contribution in [1.82, 2.24) is 5.32 Å². The molecule has 3 rings (SSSR count). The van der Waals surface area contributed by atoms with Gasteiger partial charge in [0.05, 0.1) is 13.2 Å². The average Bonchev–Trinajstić information content (AvgIpc) is 3.07. The Morgan fingerprint density at radius 1 is 0.967 bits per heavy atom. The number of alkyl carbamates (subject to hydrolysis) is 1. The van der Waals surface area contributed by atoms with E-state index in [0.29, 0.717) is 19.8 Å². The first-order chi connectivity index (χ1) is 14.6. The second kappa shape index (κ2) is 10.8. The zero-order valence-corrected chi connectivity index (χ0v) is 17.0. The fourth-order valence-electron chi connectivity index (χ4n) is 3.61. The minimum atomic E-state index is -1.13. The van der Waals surface area contributed by atoms with Crippen LogP contribution < -0.4 is 5.32 Å². The van der Waals surface area contributed by atoms with Gasteiger partial charge in [-0.3, -0.25) is 0 Å². The van der Waals surface area contributed by atoms with Crippen molar-refractivity contribution in [2.24, 2.45) is 0 Å². The molecule has 1 unspecified atom stereocenters. The second-order valence-electron chi connectivity index (χ2n) is 6.96. The number of benzene rings is 2. The minimum absolute atomic E-state index is 0.0756. The van der Waals surface area contributed by atoms with Crippen LogP contribution in [-0.2, 0) is 19.0 Å². The number of nitrogens with one attached hydrogen (secondary N) is 1. The Morgan fingerprint density at radius 3 is 2.17 bits per heavy atom. The summed E-state index contributed by atoms with van der Waals surface area (Å²) < 4.78 is 15.9. The molecule has 2 aromatic carbocycles. The van der Waals surface area contributed by atoms with Gasteiger partial charge in [-0.25, -0.2) is 9.59 Å². The van der Waals surface area contributed by atoms with Crippen molar-refractivity contribution in [1.29, 1.82) is 0 Å². The highest BCUT2D eigenvalue weighted by Crippen LogP contribution is 2.44. The molecule has 0 bridgehead atoms. The molecule has 0 aromatic heterocycles. The fourth-order valence-corrected chi connectivity index (χ4v) is 3.61. The molecule has 2 N–H and O–H groups in total. The number of aliphatic carboxylic acids is 1. The van der Waals surface area contributed by atoms with Gasteiger partial charge in [0.15, 0.2) is 0 Å². The van der Waals surface area contributed by atoms with E-state index in [1.165, 1.54) is 0 Å². The Labute approximate surface area is 176 Å². The summed E-state index contributed by atoms with van der Waals surface area (Å²) in [5, 5.41) is 11.8. The van der Waals surface area contributed by atoms with Crippen LogP contribution in [0.3, 0.4) is 0 Å². The fraction of sp³-hybridized carbons (Fsp3) is 0.391. The zero-order chi connectivity index (χ0) is 21.3. The van der Waals surface area contributed by atoms with Crippen molar-refractivity contribution in [3.05, 3.63) is 59.7 Å². The number of carbonyl (C=O) groups excluding carboxylic acids is 1. The molecule has 0 saturated carbocycles. The van der Waals surface area contributed by atoms with E-state index in [-0.39, 0.29) is 25.6 Å². The molecule has 160 valence electrons. The summed E-state index contributed by atoms with van der Waals surface area (Å²) in [5.74, 6) is -1.20. The number of carbonyl (C=O) groups is 2. The van der Waals surface area contributed by atoms with Gasteiger partial charge in [-0.15, -0.1) is 0 Å². The average molecular weight is 413 g/mol. The van der Waals surface area contributed by atoms with E-state index in [1.54, 1.807) is 0 Å². The molecule has 1 atom stereocenters. The number of amides is 1. The molecule has 1 aliphatic carbocycles. The first kappa shape index (κ1) is 21.8. The Hall–Kier alpha value is -2.90. The minimum Gasteiger partial charge on any atom is -0.480 e. The van der Waals surface area contributed by atoms with Crippen LogP contribution in [0.2, 0.25) is 0 Å². The molecule has 0 heterocycles. The summed E-state index contributed by atoms with van der Waals surface area (Å²) in [5.41, 5.74) is 4.47.